The zero-order valence-electron chi connectivity index (χ0n) is 8.59. The van der Waals surface area contributed by atoms with E-state index in [2.05, 4.69) is 13.8 Å². The van der Waals surface area contributed by atoms with Crippen LogP contribution in [0.4, 0.5) is 10.1 Å². The maximum absolute atomic E-state index is 12.7. The van der Waals surface area contributed by atoms with E-state index in [1.54, 1.807) is 6.07 Å². The first-order valence-corrected chi connectivity index (χ1v) is 4.77. The average molecular weight is 197 g/mol. The van der Waals surface area contributed by atoms with Crippen molar-refractivity contribution in [1.29, 1.82) is 0 Å². The lowest BCUT2D eigenvalue weighted by Gasteiger charge is -2.09. The number of rotatable bonds is 4. The van der Waals surface area contributed by atoms with Crippen LogP contribution in [-0.2, 0) is 0 Å². The van der Waals surface area contributed by atoms with Crippen molar-refractivity contribution < 1.29 is 9.13 Å². The highest BCUT2D eigenvalue weighted by Crippen LogP contribution is 2.22. The van der Waals surface area contributed by atoms with Crippen molar-refractivity contribution in [2.24, 2.45) is 5.92 Å². The van der Waals surface area contributed by atoms with E-state index >= 15 is 0 Å². The maximum atomic E-state index is 12.7. The first kappa shape index (κ1) is 10.8. The molecule has 0 amide bonds. The Morgan fingerprint density at radius 2 is 2.14 bits per heavy atom. The van der Waals surface area contributed by atoms with Crippen LogP contribution in [0.5, 0.6) is 5.75 Å². The second-order valence-corrected chi connectivity index (χ2v) is 3.71. The Bertz CT molecular complexity index is 299. The molecule has 0 aliphatic heterocycles. The molecule has 0 heterocycles. The molecule has 0 atom stereocenters. The van der Waals surface area contributed by atoms with Gasteiger partial charge in [-0.3, -0.25) is 0 Å². The summed E-state index contributed by atoms with van der Waals surface area (Å²) in [6.45, 7) is 4.86. The van der Waals surface area contributed by atoms with Crippen molar-refractivity contribution in [1.82, 2.24) is 0 Å². The monoisotopic (exact) mass is 197 g/mol. The van der Waals surface area contributed by atoms with Crippen LogP contribution in [0.25, 0.3) is 0 Å². The molecule has 2 N–H and O–H groups in total. The standard InChI is InChI=1S/C11H16FNO/c1-8(2)5-6-14-11-4-3-9(12)7-10(11)13/h3-4,7-8H,5-6,13H2,1-2H3. The molecule has 0 saturated heterocycles. The van der Waals surface area contributed by atoms with Gasteiger partial charge >= 0.3 is 0 Å². The minimum Gasteiger partial charge on any atom is -0.491 e. The van der Waals surface area contributed by atoms with E-state index in [4.69, 9.17) is 10.5 Å². The number of halogens is 1. The lowest BCUT2D eigenvalue weighted by atomic mass is 10.1. The van der Waals surface area contributed by atoms with E-state index < -0.39 is 0 Å². The Kier molecular flexibility index (Phi) is 3.74. The summed E-state index contributed by atoms with van der Waals surface area (Å²) >= 11 is 0. The van der Waals surface area contributed by atoms with Crippen LogP contribution >= 0.6 is 0 Å². The Labute approximate surface area is 83.9 Å². The third-order valence-electron chi connectivity index (χ3n) is 1.92. The van der Waals surface area contributed by atoms with Gasteiger partial charge in [-0.05, 0) is 24.5 Å². The van der Waals surface area contributed by atoms with E-state index in [9.17, 15) is 4.39 Å². The molecule has 1 aromatic rings. The molecular formula is C11H16FNO. The number of hydrogen-bond acceptors (Lipinski definition) is 2. The predicted octanol–water partition coefficient (Wildman–Crippen LogP) is 2.83. The molecule has 3 heteroatoms. The van der Waals surface area contributed by atoms with Crippen LogP contribution < -0.4 is 10.5 Å². The summed E-state index contributed by atoms with van der Waals surface area (Å²) in [6, 6.07) is 4.18. The summed E-state index contributed by atoms with van der Waals surface area (Å²) in [5.41, 5.74) is 5.93. The van der Waals surface area contributed by atoms with Crippen molar-refractivity contribution in [2.45, 2.75) is 20.3 Å². The van der Waals surface area contributed by atoms with Crippen molar-refractivity contribution in [3.05, 3.63) is 24.0 Å². The molecule has 0 bridgehead atoms. The smallest absolute Gasteiger partial charge is 0.142 e. The molecule has 0 spiro atoms. The normalized spacial score (nSPS) is 10.6. The molecule has 1 aromatic carbocycles. The van der Waals surface area contributed by atoms with Gasteiger partial charge in [0.15, 0.2) is 0 Å². The van der Waals surface area contributed by atoms with Crippen LogP contribution in [0.3, 0.4) is 0 Å². The molecule has 0 aliphatic carbocycles. The Morgan fingerprint density at radius 1 is 1.43 bits per heavy atom. The highest BCUT2D eigenvalue weighted by atomic mass is 19.1. The van der Waals surface area contributed by atoms with Gasteiger partial charge < -0.3 is 10.5 Å². The Morgan fingerprint density at radius 3 is 2.71 bits per heavy atom. The van der Waals surface area contributed by atoms with Gasteiger partial charge in [0.05, 0.1) is 12.3 Å². The molecule has 0 aliphatic rings. The molecule has 0 radical (unpaired) electrons. The molecule has 1 rings (SSSR count). The van der Waals surface area contributed by atoms with Crippen molar-refractivity contribution in [2.75, 3.05) is 12.3 Å². The number of nitrogen functional groups attached to an aromatic ring is 1. The minimum absolute atomic E-state index is 0.335. The fraction of sp³-hybridized carbons (Fsp3) is 0.455. The fourth-order valence-electron chi connectivity index (χ4n) is 1.06. The molecule has 0 fully saturated rings. The number of ether oxygens (including phenoxy) is 1. The van der Waals surface area contributed by atoms with Gasteiger partial charge in [-0.2, -0.15) is 0 Å². The summed E-state index contributed by atoms with van der Waals surface area (Å²) in [5, 5.41) is 0. The average Bonchev–Trinajstić information content (AvgIpc) is 2.08. The number of anilines is 1. The van der Waals surface area contributed by atoms with Crippen LogP contribution in [-0.4, -0.2) is 6.61 Å². The van der Waals surface area contributed by atoms with Crippen molar-refractivity contribution >= 4 is 5.69 Å². The second-order valence-electron chi connectivity index (χ2n) is 3.71. The third-order valence-corrected chi connectivity index (χ3v) is 1.92. The van der Waals surface area contributed by atoms with E-state index in [1.165, 1.54) is 12.1 Å². The summed E-state index contributed by atoms with van der Waals surface area (Å²) in [6.07, 6.45) is 0.969. The van der Waals surface area contributed by atoms with Gasteiger partial charge in [-0.1, -0.05) is 13.8 Å². The maximum Gasteiger partial charge on any atom is 0.142 e. The highest BCUT2D eigenvalue weighted by Gasteiger charge is 2.02. The van der Waals surface area contributed by atoms with Crippen molar-refractivity contribution in [3.8, 4) is 5.75 Å². The lowest BCUT2D eigenvalue weighted by Crippen LogP contribution is -2.03. The molecule has 0 aromatic heterocycles. The van der Waals surface area contributed by atoms with Gasteiger partial charge in [-0.15, -0.1) is 0 Å². The molecular weight excluding hydrogens is 181 g/mol. The van der Waals surface area contributed by atoms with Crippen LogP contribution in [0.2, 0.25) is 0 Å². The summed E-state index contributed by atoms with van der Waals surface area (Å²) in [7, 11) is 0. The summed E-state index contributed by atoms with van der Waals surface area (Å²) < 4.78 is 18.1. The molecule has 0 saturated carbocycles. The number of benzene rings is 1. The zero-order valence-corrected chi connectivity index (χ0v) is 8.59. The van der Waals surface area contributed by atoms with Crippen LogP contribution in [0.15, 0.2) is 18.2 Å². The fourth-order valence-corrected chi connectivity index (χ4v) is 1.06. The minimum atomic E-state index is -0.335. The van der Waals surface area contributed by atoms with Gasteiger partial charge in [0.2, 0.25) is 0 Å². The van der Waals surface area contributed by atoms with Gasteiger partial charge in [-0.25, -0.2) is 4.39 Å². The largest absolute Gasteiger partial charge is 0.491 e. The Hall–Kier alpha value is -1.25. The zero-order chi connectivity index (χ0) is 10.6. The van der Waals surface area contributed by atoms with E-state index in [0.29, 0.717) is 24.0 Å². The molecule has 0 unspecified atom stereocenters. The van der Waals surface area contributed by atoms with E-state index in [1.807, 2.05) is 0 Å². The summed E-state index contributed by atoms with van der Waals surface area (Å²) in [5.74, 6) is 0.822. The third kappa shape index (κ3) is 3.24. The quantitative estimate of drug-likeness (QED) is 0.753. The SMILES string of the molecule is CC(C)CCOc1ccc(F)cc1N. The van der Waals surface area contributed by atoms with Crippen LogP contribution in [0.1, 0.15) is 20.3 Å². The molecule has 78 valence electrons. The van der Waals surface area contributed by atoms with Gasteiger partial charge in [0, 0.05) is 6.07 Å². The molecule has 14 heavy (non-hydrogen) atoms. The van der Waals surface area contributed by atoms with E-state index in [-0.39, 0.29) is 5.82 Å². The highest BCUT2D eigenvalue weighted by molar-refractivity contribution is 5.52. The van der Waals surface area contributed by atoms with Gasteiger partial charge in [0.1, 0.15) is 11.6 Å². The lowest BCUT2D eigenvalue weighted by molar-refractivity contribution is 0.290. The van der Waals surface area contributed by atoms with Crippen molar-refractivity contribution in [3.63, 3.8) is 0 Å². The topological polar surface area (TPSA) is 35.2 Å². The number of nitrogens with two attached hydrogens (primary N) is 1. The Balaban J connectivity index is 2.51. The van der Waals surface area contributed by atoms with E-state index in [0.717, 1.165) is 6.42 Å². The number of hydrogen-bond donors (Lipinski definition) is 1. The summed E-state index contributed by atoms with van der Waals surface area (Å²) in [4.78, 5) is 0. The first-order chi connectivity index (χ1) is 6.59. The molecule has 2 nitrogen and oxygen atoms in total. The van der Waals surface area contributed by atoms with Crippen LogP contribution in [0, 0.1) is 11.7 Å². The predicted molar refractivity (Wildman–Crippen MR) is 55.8 cm³/mol. The van der Waals surface area contributed by atoms with Gasteiger partial charge in [0.25, 0.3) is 0 Å². The first-order valence-electron chi connectivity index (χ1n) is 4.77. The second kappa shape index (κ2) is 4.84.